The molecule has 0 bridgehead atoms. The normalized spacial score (nSPS) is 8.45. The zero-order valence-electron chi connectivity index (χ0n) is 4.87. The van der Waals surface area contributed by atoms with E-state index in [4.69, 9.17) is 18.6 Å². The summed E-state index contributed by atoms with van der Waals surface area (Å²) in [7, 11) is -7.58. The third-order valence-corrected chi connectivity index (χ3v) is 1.45. The fourth-order valence-corrected chi connectivity index (χ4v) is 0.447. The first-order valence-electron chi connectivity index (χ1n) is 1.81. The van der Waals surface area contributed by atoms with E-state index in [2.05, 4.69) is 3.23 Å². The Kier molecular flexibility index (Phi) is 7.69. The molecule has 8 nitrogen and oxygen atoms in total. The van der Waals surface area contributed by atoms with E-state index in [1.54, 1.807) is 0 Å². The van der Waals surface area contributed by atoms with Crippen molar-refractivity contribution in [1.82, 2.24) is 0 Å². The van der Waals surface area contributed by atoms with Crippen LogP contribution in [0.1, 0.15) is 0 Å². The predicted octanol–water partition coefficient (Wildman–Crippen LogP) is -2.84. The van der Waals surface area contributed by atoms with E-state index in [-0.39, 0.29) is 0 Å². The van der Waals surface area contributed by atoms with Crippen molar-refractivity contribution in [3.05, 3.63) is 0 Å². The van der Waals surface area contributed by atoms with Crippen molar-refractivity contribution >= 4 is 35.1 Å². The molecule has 0 fully saturated rings. The van der Waals surface area contributed by atoms with Crippen LogP contribution in [0.3, 0.4) is 0 Å². The Morgan fingerprint density at radius 3 is 1.64 bits per heavy atom. The predicted molar refractivity (Wildman–Crippen MR) is 30.0 cm³/mol. The average Bonchev–Trinajstić information content (AvgIpc) is 1.58. The third kappa shape index (κ3) is 42.3. The molecule has 0 saturated heterocycles. The van der Waals surface area contributed by atoms with Gasteiger partial charge in [-0.1, -0.05) is 0 Å². The van der Waals surface area contributed by atoms with Gasteiger partial charge in [-0.3, -0.25) is 4.46 Å². The quantitative estimate of drug-likeness (QED) is 0.332. The summed E-state index contributed by atoms with van der Waals surface area (Å²) in [5, 5.41) is 0. The minimum atomic E-state index is -4.45. The van der Waals surface area contributed by atoms with Crippen LogP contribution in [-0.4, -0.2) is 47.2 Å². The fraction of sp³-hybridized carbons (Fsp3) is 0. The van der Waals surface area contributed by atoms with E-state index in [1.165, 1.54) is 0 Å². The van der Waals surface area contributed by atoms with E-state index in [1.807, 2.05) is 0 Å². The van der Waals surface area contributed by atoms with Gasteiger partial charge in [-0.2, -0.15) is 0 Å². The molecule has 0 aromatic rings. The Morgan fingerprint density at radius 2 is 1.64 bits per heavy atom. The van der Waals surface area contributed by atoms with E-state index in [9.17, 15) is 12.2 Å². The van der Waals surface area contributed by atoms with Gasteiger partial charge in [0.15, 0.2) is 0 Å². The molecule has 0 radical (unpaired) electrons. The van der Waals surface area contributed by atoms with Crippen LogP contribution in [0.15, 0.2) is 0 Å². The molecule has 0 heterocycles. The summed E-state index contributed by atoms with van der Waals surface area (Å²) >= 11 is -1.88. The molecule has 0 aliphatic carbocycles. The van der Waals surface area contributed by atoms with Crippen LogP contribution in [-0.2, 0) is 21.9 Å². The van der Waals surface area contributed by atoms with Gasteiger partial charge in [0.05, 0.1) is 0 Å². The number of hydrogen-bond donors (Lipinski definition) is 3. The van der Waals surface area contributed by atoms with Gasteiger partial charge in [0.2, 0.25) is 0 Å². The zero-order chi connectivity index (χ0) is 9.49. The Hall–Kier alpha value is -0.341. The molecule has 0 amide bonds. The summed E-state index contributed by atoms with van der Waals surface area (Å²) < 4.78 is 47.7. The molecule has 0 atom stereocenters. The monoisotopic (exact) mass is 218 g/mol. The van der Waals surface area contributed by atoms with Crippen molar-refractivity contribution in [2.45, 2.75) is 0 Å². The second-order valence-electron chi connectivity index (χ2n) is 0.903. The average molecular weight is 218 g/mol. The SMILES string of the molecule is O=[Si](O)O.[O]=[Al][O]S(=O)(=O)O. The van der Waals surface area contributed by atoms with Crippen LogP contribution < -0.4 is 0 Å². The van der Waals surface area contributed by atoms with Gasteiger partial charge in [-0.25, -0.2) is 0 Å². The molecule has 0 unspecified atom stereocenters. The molecule has 0 aliphatic rings. The van der Waals surface area contributed by atoms with Gasteiger partial charge in [0.1, 0.15) is 0 Å². The van der Waals surface area contributed by atoms with E-state index in [0.717, 1.165) is 0 Å². The van der Waals surface area contributed by atoms with Crippen molar-refractivity contribution < 1.29 is 34.1 Å². The second-order valence-corrected chi connectivity index (χ2v) is 3.29. The number of hydrogen-bond acceptors (Lipinski definition) is 5. The Labute approximate surface area is 69.5 Å². The maximum atomic E-state index is 9.39. The van der Waals surface area contributed by atoms with Crippen molar-refractivity contribution in [3.63, 3.8) is 0 Å². The third-order valence-electron chi connectivity index (χ3n) is 0.161. The molecular formula is H3AlO8SSi. The summed E-state index contributed by atoms with van der Waals surface area (Å²) in [6.07, 6.45) is 0. The van der Waals surface area contributed by atoms with Crippen LogP contribution in [0, 0.1) is 0 Å². The molecule has 3 N–H and O–H groups in total. The van der Waals surface area contributed by atoms with E-state index < -0.39 is 35.1 Å². The molecule has 0 aromatic heterocycles. The topological polar surface area (TPSA) is 138 Å². The van der Waals surface area contributed by atoms with Gasteiger partial charge in [-0.15, -0.1) is 0 Å². The maximum absolute atomic E-state index is 9.39. The van der Waals surface area contributed by atoms with Crippen LogP contribution in [0.5, 0.6) is 0 Å². The van der Waals surface area contributed by atoms with Crippen molar-refractivity contribution in [3.8, 4) is 0 Å². The molecule has 64 valence electrons. The standard InChI is InChI=1S/Al.H2O4S.H2O3Si.O/c;1-5(2,3)4;1-4(2)3;/h;(H2,1,2,3,4);1-2H;/q+1;;;/p-1. The Morgan fingerprint density at radius 1 is 1.36 bits per heavy atom. The Bertz CT molecular complexity index is 210. The first-order chi connectivity index (χ1) is 4.79. The van der Waals surface area contributed by atoms with Gasteiger partial charge in [0, 0.05) is 0 Å². The summed E-state index contributed by atoms with van der Waals surface area (Å²) in [5.41, 5.74) is 0. The van der Waals surface area contributed by atoms with Crippen LogP contribution in [0.4, 0.5) is 0 Å². The van der Waals surface area contributed by atoms with Crippen LogP contribution >= 0.6 is 0 Å². The van der Waals surface area contributed by atoms with Gasteiger partial charge < -0.3 is 9.59 Å². The number of rotatable bonds is 2. The van der Waals surface area contributed by atoms with Crippen LogP contribution in [0.25, 0.3) is 0 Å². The summed E-state index contributed by atoms with van der Waals surface area (Å²) in [6.45, 7) is 0. The van der Waals surface area contributed by atoms with Crippen molar-refractivity contribution in [2.24, 2.45) is 0 Å². The second kappa shape index (κ2) is 6.37. The van der Waals surface area contributed by atoms with Gasteiger partial charge in [-0.05, 0) is 0 Å². The van der Waals surface area contributed by atoms with Crippen LogP contribution in [0.2, 0.25) is 0 Å². The fourth-order valence-electron chi connectivity index (χ4n) is 0.0496. The van der Waals surface area contributed by atoms with E-state index >= 15 is 0 Å². The molecular weight excluding hydrogens is 215 g/mol. The molecule has 0 rings (SSSR count). The van der Waals surface area contributed by atoms with Crippen molar-refractivity contribution in [2.75, 3.05) is 0 Å². The first-order valence-corrected chi connectivity index (χ1v) is 5.42. The zero-order valence-corrected chi connectivity index (χ0v) is 7.84. The summed E-state index contributed by atoms with van der Waals surface area (Å²) in [6, 6.07) is 0. The molecule has 0 saturated carbocycles. The molecule has 11 heavy (non-hydrogen) atoms. The molecule has 0 aromatic carbocycles. The van der Waals surface area contributed by atoms with Gasteiger partial charge >= 0.3 is 55.1 Å². The summed E-state index contributed by atoms with van der Waals surface area (Å²) in [4.78, 5) is 14.3. The molecule has 0 aliphatic heterocycles. The van der Waals surface area contributed by atoms with E-state index in [0.29, 0.717) is 0 Å². The minimum absolute atomic E-state index is 1.88. The molecule has 11 heteroatoms. The Balaban J connectivity index is 0. The first kappa shape index (κ1) is 13.3. The molecule has 0 spiro atoms. The summed E-state index contributed by atoms with van der Waals surface area (Å²) in [5.74, 6) is 0. The van der Waals surface area contributed by atoms with Crippen molar-refractivity contribution in [1.29, 1.82) is 0 Å². The van der Waals surface area contributed by atoms with Gasteiger partial charge in [0.25, 0.3) is 0 Å².